The molecule has 25 heavy (non-hydrogen) atoms. The third kappa shape index (κ3) is 2.47. The average molecular weight is 338 g/mol. The molecule has 1 saturated heterocycles. The van der Waals surface area contributed by atoms with Gasteiger partial charge >= 0.3 is 0 Å². The molecule has 2 fully saturated rings. The molecule has 3 nitrogen and oxygen atoms in total. The first-order valence-corrected chi connectivity index (χ1v) is 9.56. The van der Waals surface area contributed by atoms with Gasteiger partial charge in [0.25, 0.3) is 0 Å². The largest absolute Gasteiger partial charge is 0.363 e. The summed E-state index contributed by atoms with van der Waals surface area (Å²) >= 11 is 0. The summed E-state index contributed by atoms with van der Waals surface area (Å²) in [5, 5.41) is 3.51. The summed E-state index contributed by atoms with van der Waals surface area (Å²) in [5.41, 5.74) is 4.36. The molecule has 0 spiro atoms. The second kappa shape index (κ2) is 5.70. The monoisotopic (exact) mass is 338 g/mol. The number of Topliss-reactive ketones (excluding diaryl/α,β-unsaturated/α-hetero) is 1. The van der Waals surface area contributed by atoms with Gasteiger partial charge < -0.3 is 10.2 Å². The number of piperidine rings is 1. The maximum atomic E-state index is 12.4. The number of carbonyl (C=O) groups excluding carboxylic acids is 1. The zero-order valence-electron chi connectivity index (χ0n) is 15.9. The van der Waals surface area contributed by atoms with Crippen LogP contribution in [0.3, 0.4) is 0 Å². The summed E-state index contributed by atoms with van der Waals surface area (Å²) in [6, 6.07) is 9.01. The average Bonchev–Trinajstić information content (AvgIpc) is 2.98. The normalized spacial score (nSPS) is 30.7. The summed E-state index contributed by atoms with van der Waals surface area (Å²) in [7, 11) is 2.03. The lowest BCUT2D eigenvalue weighted by Gasteiger charge is -2.38. The van der Waals surface area contributed by atoms with Crippen LogP contribution in [-0.2, 0) is 17.6 Å². The van der Waals surface area contributed by atoms with Crippen LogP contribution in [0.4, 0.5) is 0 Å². The molecule has 2 unspecified atom stereocenters. The number of likely N-dealkylation sites (tertiary alicyclic amines) is 1. The molecular formula is C22H30N2O. The molecule has 0 aromatic heterocycles. The Kier molecular flexibility index (Phi) is 3.84. The van der Waals surface area contributed by atoms with E-state index < -0.39 is 0 Å². The second-order valence-electron chi connectivity index (χ2n) is 8.86. The number of likely N-dealkylation sites (N-methyl/N-ethyl adjacent to an activating group) is 1. The van der Waals surface area contributed by atoms with E-state index in [1.165, 1.54) is 11.1 Å². The smallest absolute Gasteiger partial charge is 0.152 e. The van der Waals surface area contributed by atoms with E-state index in [0.717, 1.165) is 25.1 Å². The number of carbonyl (C=O) groups is 1. The highest BCUT2D eigenvalue weighted by molar-refractivity contribution is 5.83. The lowest BCUT2D eigenvalue weighted by molar-refractivity contribution is -0.122. The molecule has 1 aliphatic heterocycles. The van der Waals surface area contributed by atoms with Gasteiger partial charge in [0.15, 0.2) is 5.78 Å². The molecule has 1 N–H and O–H groups in total. The Bertz CT molecular complexity index is 697. The lowest BCUT2D eigenvalue weighted by Crippen LogP contribution is -2.48. The molecule has 4 atom stereocenters. The quantitative estimate of drug-likeness (QED) is 0.896. The van der Waals surface area contributed by atoms with Crippen LogP contribution in [0.25, 0.3) is 0 Å². The van der Waals surface area contributed by atoms with E-state index in [0.29, 0.717) is 29.0 Å². The van der Waals surface area contributed by atoms with Crippen LogP contribution in [0.5, 0.6) is 0 Å². The van der Waals surface area contributed by atoms with Gasteiger partial charge in [-0.15, -0.1) is 0 Å². The molecule has 4 rings (SSSR count). The standard InChI is InChI=1S/C22H30N2O/c1-13(24-12-18-19(22(18,3)4)21(24)14(2)25)20(23-5)17-10-15-8-6-7-9-16(15)11-17/h6-9,17-21,23H,1,10-12H2,2-5H3/t18-,19-,20?,21?/m0/s1. The number of rotatable bonds is 5. The minimum atomic E-state index is 0.0205. The highest BCUT2D eigenvalue weighted by atomic mass is 16.1. The van der Waals surface area contributed by atoms with E-state index in [1.807, 2.05) is 7.05 Å². The third-order valence-electron chi connectivity index (χ3n) is 7.22. The summed E-state index contributed by atoms with van der Waals surface area (Å²) in [5.74, 6) is 1.95. The van der Waals surface area contributed by atoms with Gasteiger partial charge in [0.1, 0.15) is 0 Å². The molecular weight excluding hydrogens is 308 g/mol. The fourth-order valence-electron chi connectivity index (χ4n) is 5.73. The van der Waals surface area contributed by atoms with E-state index in [4.69, 9.17) is 0 Å². The van der Waals surface area contributed by atoms with Crippen LogP contribution in [0.15, 0.2) is 36.5 Å². The number of nitrogens with zero attached hydrogens (tertiary/aromatic N) is 1. The molecule has 0 amide bonds. The number of fused-ring (bicyclic) bond motifs is 2. The molecule has 1 aromatic rings. The predicted octanol–water partition coefficient (Wildman–Crippen LogP) is 3.05. The summed E-state index contributed by atoms with van der Waals surface area (Å²) < 4.78 is 0. The van der Waals surface area contributed by atoms with Gasteiger partial charge in [-0.3, -0.25) is 4.79 Å². The molecule has 0 radical (unpaired) electrons. The van der Waals surface area contributed by atoms with Gasteiger partial charge in [-0.25, -0.2) is 0 Å². The lowest BCUT2D eigenvalue weighted by atomic mass is 9.91. The van der Waals surface area contributed by atoms with E-state index in [-0.39, 0.29) is 12.1 Å². The SMILES string of the molecule is C=C(C(NC)C1Cc2ccccc2C1)N1C[C@H]2[C@@H](C1C(C)=O)C2(C)C. The first-order valence-electron chi connectivity index (χ1n) is 9.56. The van der Waals surface area contributed by atoms with Crippen molar-refractivity contribution in [3.8, 4) is 0 Å². The topological polar surface area (TPSA) is 32.3 Å². The van der Waals surface area contributed by atoms with E-state index in [9.17, 15) is 4.79 Å². The predicted molar refractivity (Wildman–Crippen MR) is 101 cm³/mol. The van der Waals surface area contributed by atoms with Crippen molar-refractivity contribution < 1.29 is 4.79 Å². The number of ketones is 1. The van der Waals surface area contributed by atoms with E-state index >= 15 is 0 Å². The summed E-state index contributed by atoms with van der Waals surface area (Å²) in [6.07, 6.45) is 2.19. The number of hydrogen-bond acceptors (Lipinski definition) is 3. The van der Waals surface area contributed by atoms with Crippen molar-refractivity contribution in [3.63, 3.8) is 0 Å². The fourth-order valence-corrected chi connectivity index (χ4v) is 5.73. The molecule has 3 heteroatoms. The van der Waals surface area contributed by atoms with Gasteiger partial charge in [0.05, 0.1) is 6.04 Å². The van der Waals surface area contributed by atoms with Crippen molar-refractivity contribution in [2.24, 2.45) is 23.2 Å². The molecule has 1 aromatic carbocycles. The van der Waals surface area contributed by atoms with Crippen LogP contribution in [0, 0.1) is 23.2 Å². The molecule has 1 saturated carbocycles. The van der Waals surface area contributed by atoms with Crippen molar-refractivity contribution in [1.82, 2.24) is 10.2 Å². The van der Waals surface area contributed by atoms with Crippen LogP contribution >= 0.6 is 0 Å². The highest BCUT2D eigenvalue weighted by Gasteiger charge is 2.68. The molecule has 3 aliphatic rings. The van der Waals surface area contributed by atoms with Gasteiger partial charge in [-0.05, 0) is 61.1 Å². The Labute approximate surface area is 151 Å². The zero-order chi connectivity index (χ0) is 17.9. The summed E-state index contributed by atoms with van der Waals surface area (Å²) in [6.45, 7) is 11.8. The van der Waals surface area contributed by atoms with Crippen molar-refractivity contribution in [1.29, 1.82) is 0 Å². The Morgan fingerprint density at radius 1 is 1.28 bits per heavy atom. The van der Waals surface area contributed by atoms with Crippen LogP contribution in [-0.4, -0.2) is 36.4 Å². The van der Waals surface area contributed by atoms with Crippen LogP contribution in [0.2, 0.25) is 0 Å². The van der Waals surface area contributed by atoms with Crippen LogP contribution in [0.1, 0.15) is 31.9 Å². The van der Waals surface area contributed by atoms with Crippen molar-refractivity contribution in [3.05, 3.63) is 47.7 Å². The summed E-state index contributed by atoms with van der Waals surface area (Å²) in [4.78, 5) is 14.7. The van der Waals surface area contributed by atoms with Gasteiger partial charge in [0.2, 0.25) is 0 Å². The van der Waals surface area contributed by atoms with Gasteiger partial charge in [-0.2, -0.15) is 0 Å². The minimum absolute atomic E-state index is 0.0205. The van der Waals surface area contributed by atoms with Crippen molar-refractivity contribution in [2.45, 2.75) is 45.7 Å². The number of hydrogen-bond donors (Lipinski definition) is 1. The zero-order valence-corrected chi connectivity index (χ0v) is 15.9. The number of nitrogens with one attached hydrogen (secondary N) is 1. The molecule has 134 valence electrons. The van der Waals surface area contributed by atoms with Gasteiger partial charge in [0, 0.05) is 18.3 Å². The Balaban J connectivity index is 1.53. The molecule has 2 aliphatic carbocycles. The first-order chi connectivity index (χ1) is 11.9. The fraction of sp³-hybridized carbons (Fsp3) is 0.591. The number of benzene rings is 1. The second-order valence-corrected chi connectivity index (χ2v) is 8.86. The molecule has 1 heterocycles. The van der Waals surface area contributed by atoms with E-state index in [2.05, 4.69) is 54.9 Å². The highest BCUT2D eigenvalue weighted by Crippen LogP contribution is 2.65. The Hall–Kier alpha value is -1.61. The van der Waals surface area contributed by atoms with Gasteiger partial charge in [-0.1, -0.05) is 44.7 Å². The first kappa shape index (κ1) is 16.8. The Morgan fingerprint density at radius 3 is 2.40 bits per heavy atom. The molecule has 0 bridgehead atoms. The van der Waals surface area contributed by atoms with Crippen molar-refractivity contribution in [2.75, 3.05) is 13.6 Å². The Morgan fingerprint density at radius 2 is 1.88 bits per heavy atom. The van der Waals surface area contributed by atoms with Crippen LogP contribution < -0.4 is 5.32 Å². The third-order valence-corrected chi connectivity index (χ3v) is 7.22. The maximum absolute atomic E-state index is 12.4. The van der Waals surface area contributed by atoms with Crippen molar-refractivity contribution >= 4 is 5.78 Å². The maximum Gasteiger partial charge on any atom is 0.152 e. The minimum Gasteiger partial charge on any atom is -0.363 e. The van der Waals surface area contributed by atoms with E-state index in [1.54, 1.807) is 6.92 Å².